The van der Waals surface area contributed by atoms with Crippen LogP contribution in [0.15, 0.2) is 30.7 Å². The first kappa shape index (κ1) is 21.0. The predicted octanol–water partition coefficient (Wildman–Crippen LogP) is 2.16. The molecule has 33 heavy (non-hydrogen) atoms. The van der Waals surface area contributed by atoms with Crippen LogP contribution < -0.4 is 20.3 Å². The average Bonchev–Trinajstić information content (AvgIpc) is 2.80. The van der Waals surface area contributed by atoms with Gasteiger partial charge in [0.25, 0.3) is 5.91 Å². The fourth-order valence-electron chi connectivity index (χ4n) is 4.11. The number of carbonyl (C=O) groups excluding carboxylic acids is 2. The van der Waals surface area contributed by atoms with Crippen LogP contribution in [0.3, 0.4) is 0 Å². The number of ether oxygens (including phenoxy) is 1. The number of amides is 3. The molecular weight excluding hydrogens is 429 g/mol. The molecule has 5 rings (SSSR count). The van der Waals surface area contributed by atoms with Gasteiger partial charge in [0.2, 0.25) is 0 Å². The highest BCUT2D eigenvalue weighted by molar-refractivity contribution is 6.17. The molecular formula is C22H22FN7O3. The molecule has 3 amide bonds. The number of aromatic nitrogens is 3. The first-order valence-electron chi connectivity index (χ1n) is 10.6. The molecule has 170 valence electrons. The summed E-state index contributed by atoms with van der Waals surface area (Å²) in [6, 6.07) is 4.60. The monoisotopic (exact) mass is 451 g/mol. The van der Waals surface area contributed by atoms with Crippen LogP contribution in [0.25, 0.3) is 10.9 Å². The van der Waals surface area contributed by atoms with Crippen molar-refractivity contribution in [3.05, 3.63) is 47.8 Å². The molecule has 0 unspecified atom stereocenters. The summed E-state index contributed by atoms with van der Waals surface area (Å²) in [5, 5.41) is 5.68. The maximum absolute atomic E-state index is 15.3. The molecule has 1 fully saturated rings. The molecule has 0 radical (unpaired) electrons. The van der Waals surface area contributed by atoms with Gasteiger partial charge in [0.05, 0.1) is 22.8 Å². The number of benzene rings is 1. The highest BCUT2D eigenvalue weighted by atomic mass is 19.1. The highest BCUT2D eigenvalue weighted by Crippen LogP contribution is 2.38. The van der Waals surface area contributed by atoms with Gasteiger partial charge in [-0.1, -0.05) is 0 Å². The summed E-state index contributed by atoms with van der Waals surface area (Å²) in [6.45, 7) is 3.82. The fourth-order valence-corrected chi connectivity index (χ4v) is 4.11. The van der Waals surface area contributed by atoms with Crippen LogP contribution >= 0.6 is 0 Å². The molecule has 1 saturated heterocycles. The van der Waals surface area contributed by atoms with Crippen molar-refractivity contribution in [2.75, 3.05) is 36.9 Å². The van der Waals surface area contributed by atoms with E-state index < -0.39 is 11.8 Å². The third-order valence-corrected chi connectivity index (χ3v) is 5.78. The van der Waals surface area contributed by atoms with Crippen molar-refractivity contribution < 1.29 is 18.7 Å². The molecule has 0 bridgehead atoms. The molecule has 1 aromatic carbocycles. The summed E-state index contributed by atoms with van der Waals surface area (Å²) in [6.07, 6.45) is 2.84. The van der Waals surface area contributed by atoms with Gasteiger partial charge in [0.15, 0.2) is 5.82 Å². The van der Waals surface area contributed by atoms with Crippen LogP contribution in [-0.2, 0) is 6.54 Å². The second kappa shape index (κ2) is 8.24. The number of halogens is 1. The Balaban J connectivity index is 1.28. The van der Waals surface area contributed by atoms with Crippen LogP contribution in [0, 0.1) is 5.82 Å². The third-order valence-electron chi connectivity index (χ3n) is 5.78. The van der Waals surface area contributed by atoms with E-state index in [1.165, 1.54) is 17.4 Å². The van der Waals surface area contributed by atoms with E-state index in [4.69, 9.17) is 4.74 Å². The lowest BCUT2D eigenvalue weighted by molar-refractivity contribution is 0.0138. The smallest absolute Gasteiger partial charge is 0.327 e. The fraction of sp³-hybridized carbons (Fsp3) is 0.318. The Hall–Kier alpha value is -3.86. The number of nitrogens with zero attached hydrogens (tertiary/aromatic N) is 5. The number of likely N-dealkylation sites (tertiary alicyclic amines) is 1. The van der Waals surface area contributed by atoms with E-state index in [1.807, 2.05) is 11.8 Å². The number of hydrogen-bond donors (Lipinski definition) is 2. The van der Waals surface area contributed by atoms with Crippen molar-refractivity contribution in [1.82, 2.24) is 25.2 Å². The standard InChI is InChI=1S/C22H22FN7O3/c1-3-30-20-17-16(26-11-27-20)6-12(18(23)19(17)28-22(30)32)8-29-9-14(10-29)33-13-4-5-15(25-7-13)21(31)24-2/h4-7,11,14H,3,8-10H2,1-2H3,(H,24,31)(H,28,32). The van der Waals surface area contributed by atoms with Crippen molar-refractivity contribution in [3.63, 3.8) is 0 Å². The van der Waals surface area contributed by atoms with E-state index in [0.717, 1.165) is 0 Å². The van der Waals surface area contributed by atoms with Gasteiger partial charge in [-0.2, -0.15) is 0 Å². The van der Waals surface area contributed by atoms with Crippen molar-refractivity contribution in [2.45, 2.75) is 19.6 Å². The van der Waals surface area contributed by atoms with Crippen molar-refractivity contribution in [2.24, 2.45) is 0 Å². The lowest BCUT2D eigenvalue weighted by atomic mass is 10.0. The number of pyridine rings is 1. The summed E-state index contributed by atoms with van der Waals surface area (Å²) < 4.78 is 21.2. The first-order valence-corrected chi connectivity index (χ1v) is 10.6. The zero-order valence-corrected chi connectivity index (χ0v) is 18.1. The Morgan fingerprint density at radius 3 is 2.82 bits per heavy atom. The van der Waals surface area contributed by atoms with Gasteiger partial charge < -0.3 is 15.4 Å². The van der Waals surface area contributed by atoms with E-state index in [-0.39, 0.29) is 17.7 Å². The minimum atomic E-state index is -0.471. The zero-order valence-electron chi connectivity index (χ0n) is 18.1. The van der Waals surface area contributed by atoms with Gasteiger partial charge in [0.1, 0.15) is 29.7 Å². The molecule has 10 nitrogen and oxygen atoms in total. The highest BCUT2D eigenvalue weighted by Gasteiger charge is 2.32. The van der Waals surface area contributed by atoms with Gasteiger partial charge in [-0.15, -0.1) is 0 Å². The topological polar surface area (TPSA) is 113 Å². The summed E-state index contributed by atoms with van der Waals surface area (Å²) in [5.41, 5.74) is 1.48. The largest absolute Gasteiger partial charge is 0.486 e. The molecule has 3 aromatic rings. The number of anilines is 2. The maximum atomic E-state index is 15.3. The van der Waals surface area contributed by atoms with Crippen LogP contribution in [0.5, 0.6) is 5.75 Å². The maximum Gasteiger partial charge on any atom is 0.327 e. The van der Waals surface area contributed by atoms with Gasteiger partial charge >= 0.3 is 6.03 Å². The van der Waals surface area contributed by atoms with E-state index in [0.29, 0.717) is 59.9 Å². The molecule has 2 aliphatic rings. The quantitative estimate of drug-likeness (QED) is 0.591. The van der Waals surface area contributed by atoms with Gasteiger partial charge in [-0.3, -0.25) is 14.6 Å². The Labute approximate surface area is 188 Å². The Morgan fingerprint density at radius 1 is 1.30 bits per heavy atom. The van der Waals surface area contributed by atoms with Crippen molar-refractivity contribution in [3.8, 4) is 5.75 Å². The molecule has 2 N–H and O–H groups in total. The minimum Gasteiger partial charge on any atom is -0.486 e. The Morgan fingerprint density at radius 2 is 2.12 bits per heavy atom. The molecule has 4 heterocycles. The SMILES string of the molecule is CCN1C(=O)Nc2c(F)c(CN3CC(Oc4ccc(C(=O)NC)nc4)C3)cc3ncnc1c23. The van der Waals surface area contributed by atoms with E-state index in [9.17, 15) is 9.59 Å². The van der Waals surface area contributed by atoms with Crippen LogP contribution in [0.4, 0.5) is 20.7 Å². The third kappa shape index (κ3) is 3.69. The number of hydrogen-bond acceptors (Lipinski definition) is 7. The van der Waals surface area contributed by atoms with Gasteiger partial charge in [-0.05, 0) is 25.1 Å². The predicted molar refractivity (Wildman–Crippen MR) is 119 cm³/mol. The molecule has 0 aliphatic carbocycles. The van der Waals surface area contributed by atoms with Crippen LogP contribution in [0.1, 0.15) is 23.0 Å². The normalized spacial score (nSPS) is 15.8. The molecule has 0 spiro atoms. The minimum absolute atomic E-state index is 0.0636. The lowest BCUT2D eigenvalue weighted by Crippen LogP contribution is -2.53. The number of carbonyl (C=O) groups is 2. The number of rotatable bonds is 6. The molecule has 2 aliphatic heterocycles. The summed E-state index contributed by atoms with van der Waals surface area (Å²) in [7, 11) is 1.55. The van der Waals surface area contributed by atoms with Crippen molar-refractivity contribution >= 4 is 34.3 Å². The second-order valence-electron chi connectivity index (χ2n) is 7.88. The van der Waals surface area contributed by atoms with E-state index in [1.54, 1.807) is 25.2 Å². The van der Waals surface area contributed by atoms with Crippen molar-refractivity contribution in [1.29, 1.82) is 0 Å². The summed E-state index contributed by atoms with van der Waals surface area (Å²) in [5.74, 6) is 0.256. The average molecular weight is 451 g/mol. The van der Waals surface area contributed by atoms with E-state index in [2.05, 4.69) is 25.6 Å². The Bertz CT molecular complexity index is 1240. The van der Waals surface area contributed by atoms with Crippen LogP contribution in [-0.4, -0.2) is 64.6 Å². The van der Waals surface area contributed by atoms with E-state index >= 15 is 4.39 Å². The molecule has 2 aromatic heterocycles. The van der Waals surface area contributed by atoms with Gasteiger partial charge in [0, 0.05) is 38.8 Å². The Kier molecular flexibility index (Phi) is 5.25. The summed E-state index contributed by atoms with van der Waals surface area (Å²) in [4.78, 5) is 40.1. The zero-order chi connectivity index (χ0) is 23.1. The lowest BCUT2D eigenvalue weighted by Gasteiger charge is -2.39. The molecule has 0 saturated carbocycles. The molecule has 0 atom stereocenters. The molecule has 11 heteroatoms. The summed E-state index contributed by atoms with van der Waals surface area (Å²) >= 11 is 0. The van der Waals surface area contributed by atoms with Gasteiger partial charge in [-0.25, -0.2) is 24.1 Å². The number of nitrogens with one attached hydrogen (secondary N) is 2. The first-order chi connectivity index (χ1) is 16.0. The van der Waals surface area contributed by atoms with Crippen LogP contribution in [0.2, 0.25) is 0 Å². The number of urea groups is 1. The second-order valence-corrected chi connectivity index (χ2v) is 7.88.